The zero-order chi connectivity index (χ0) is 12.5. The Labute approximate surface area is 106 Å². The predicted octanol–water partition coefficient (Wildman–Crippen LogP) is 2.29. The molecule has 0 aliphatic carbocycles. The maximum atomic E-state index is 10.4. The van der Waals surface area contributed by atoms with Gasteiger partial charge >= 0.3 is 0 Å². The predicted molar refractivity (Wildman–Crippen MR) is 70.6 cm³/mol. The molecule has 1 heterocycles. The Morgan fingerprint density at radius 2 is 2.00 bits per heavy atom. The van der Waals surface area contributed by atoms with Crippen molar-refractivity contribution in [3.05, 3.63) is 59.2 Å². The van der Waals surface area contributed by atoms with Crippen molar-refractivity contribution < 1.29 is 9.84 Å². The fourth-order valence-electron chi connectivity index (χ4n) is 2.36. The van der Waals surface area contributed by atoms with Crippen molar-refractivity contribution in [1.29, 1.82) is 0 Å². The molecular formula is C15H15NO2. The fourth-order valence-corrected chi connectivity index (χ4v) is 2.36. The molecule has 0 radical (unpaired) electrons. The van der Waals surface area contributed by atoms with Crippen LogP contribution in [0.25, 0.3) is 0 Å². The number of rotatable bonds is 2. The molecule has 3 nitrogen and oxygen atoms in total. The van der Waals surface area contributed by atoms with Gasteiger partial charge in [0.2, 0.25) is 0 Å². The number of benzene rings is 2. The first-order valence-electron chi connectivity index (χ1n) is 6.04. The molecule has 1 atom stereocenters. The number of para-hydroxylation sites is 1. The van der Waals surface area contributed by atoms with E-state index in [1.54, 1.807) is 6.07 Å². The summed E-state index contributed by atoms with van der Waals surface area (Å²) in [6, 6.07) is 13.2. The molecule has 0 bridgehead atoms. The number of aliphatic hydroxyl groups is 1. The van der Waals surface area contributed by atoms with E-state index in [9.17, 15) is 5.11 Å². The first-order chi connectivity index (χ1) is 8.75. The van der Waals surface area contributed by atoms with Crippen molar-refractivity contribution in [3.63, 3.8) is 0 Å². The third kappa shape index (κ3) is 1.83. The lowest BCUT2D eigenvalue weighted by Crippen LogP contribution is -2.02. The number of fused-ring (bicyclic) bond motifs is 1. The second-order valence-corrected chi connectivity index (χ2v) is 4.51. The van der Waals surface area contributed by atoms with Crippen LogP contribution in [0.15, 0.2) is 42.5 Å². The first-order valence-corrected chi connectivity index (χ1v) is 6.04. The van der Waals surface area contributed by atoms with E-state index in [4.69, 9.17) is 10.5 Å². The number of nitrogen functional groups attached to an aromatic ring is 1. The maximum Gasteiger partial charge on any atom is 0.128 e. The molecule has 0 fully saturated rings. The van der Waals surface area contributed by atoms with Gasteiger partial charge in [-0.05, 0) is 23.3 Å². The highest BCUT2D eigenvalue weighted by Crippen LogP contribution is 2.36. The van der Waals surface area contributed by atoms with Crippen LogP contribution in [0.1, 0.15) is 22.8 Å². The van der Waals surface area contributed by atoms with Gasteiger partial charge in [0, 0.05) is 17.7 Å². The van der Waals surface area contributed by atoms with Crippen molar-refractivity contribution in [2.45, 2.75) is 12.5 Å². The Balaban J connectivity index is 2.03. The van der Waals surface area contributed by atoms with Crippen LogP contribution in [0.5, 0.6) is 5.75 Å². The van der Waals surface area contributed by atoms with Gasteiger partial charge in [-0.1, -0.05) is 30.3 Å². The van der Waals surface area contributed by atoms with Gasteiger partial charge in [-0.3, -0.25) is 0 Å². The minimum atomic E-state index is -0.693. The summed E-state index contributed by atoms with van der Waals surface area (Å²) in [6.45, 7) is 0.690. The molecular weight excluding hydrogens is 226 g/mol. The minimum Gasteiger partial charge on any atom is -0.493 e. The average molecular weight is 241 g/mol. The normalized spacial score (nSPS) is 14.9. The fraction of sp³-hybridized carbons (Fsp3) is 0.200. The van der Waals surface area contributed by atoms with Crippen LogP contribution >= 0.6 is 0 Å². The zero-order valence-electron chi connectivity index (χ0n) is 9.97. The lowest BCUT2D eigenvalue weighted by Gasteiger charge is -2.15. The van der Waals surface area contributed by atoms with Crippen LogP contribution in [0, 0.1) is 0 Å². The first kappa shape index (κ1) is 11.1. The molecule has 1 aliphatic rings. The lowest BCUT2D eigenvalue weighted by atomic mass is 9.98. The van der Waals surface area contributed by atoms with Gasteiger partial charge in [-0.15, -0.1) is 0 Å². The SMILES string of the molecule is Nc1cccc(C(O)c2cccc3c2OCC3)c1. The summed E-state index contributed by atoms with van der Waals surface area (Å²) in [5.41, 5.74) is 9.17. The Morgan fingerprint density at radius 1 is 1.17 bits per heavy atom. The van der Waals surface area contributed by atoms with E-state index in [0.717, 1.165) is 28.9 Å². The summed E-state index contributed by atoms with van der Waals surface area (Å²) < 4.78 is 5.61. The highest BCUT2D eigenvalue weighted by molar-refractivity contribution is 5.50. The highest BCUT2D eigenvalue weighted by Gasteiger charge is 2.21. The second-order valence-electron chi connectivity index (χ2n) is 4.51. The monoisotopic (exact) mass is 241 g/mol. The van der Waals surface area contributed by atoms with E-state index in [1.165, 1.54) is 0 Å². The molecule has 0 spiro atoms. The molecule has 0 aromatic heterocycles. The molecule has 2 aromatic rings. The summed E-state index contributed by atoms with van der Waals surface area (Å²) in [6.07, 6.45) is 0.217. The average Bonchev–Trinajstić information content (AvgIpc) is 2.86. The molecule has 1 unspecified atom stereocenters. The molecule has 92 valence electrons. The molecule has 0 amide bonds. The van der Waals surface area contributed by atoms with Crippen LogP contribution in [-0.2, 0) is 6.42 Å². The molecule has 3 N–H and O–H groups in total. The van der Waals surface area contributed by atoms with Crippen molar-refractivity contribution in [1.82, 2.24) is 0 Å². The van der Waals surface area contributed by atoms with Crippen molar-refractivity contribution >= 4 is 5.69 Å². The van der Waals surface area contributed by atoms with E-state index < -0.39 is 6.10 Å². The van der Waals surface area contributed by atoms with E-state index in [0.29, 0.717) is 12.3 Å². The Hall–Kier alpha value is -2.00. The highest BCUT2D eigenvalue weighted by atomic mass is 16.5. The van der Waals surface area contributed by atoms with Gasteiger partial charge < -0.3 is 15.6 Å². The van der Waals surface area contributed by atoms with Crippen LogP contribution in [-0.4, -0.2) is 11.7 Å². The summed E-state index contributed by atoms with van der Waals surface area (Å²) in [5.74, 6) is 0.826. The standard InChI is InChI=1S/C15H15NO2/c16-12-5-1-4-11(9-12)14(17)13-6-2-3-10-7-8-18-15(10)13/h1-6,9,14,17H,7-8,16H2. The maximum absolute atomic E-state index is 10.4. The Kier molecular flexibility index (Phi) is 2.68. The quantitative estimate of drug-likeness (QED) is 0.793. The van der Waals surface area contributed by atoms with E-state index in [2.05, 4.69) is 0 Å². The van der Waals surface area contributed by atoms with Crippen LogP contribution < -0.4 is 10.5 Å². The van der Waals surface area contributed by atoms with Crippen molar-refractivity contribution in [2.24, 2.45) is 0 Å². The number of hydrogen-bond acceptors (Lipinski definition) is 3. The van der Waals surface area contributed by atoms with E-state index in [-0.39, 0.29) is 0 Å². The topological polar surface area (TPSA) is 55.5 Å². The summed E-state index contributed by atoms with van der Waals surface area (Å²) in [5, 5.41) is 10.4. The van der Waals surface area contributed by atoms with Gasteiger partial charge in [0.1, 0.15) is 11.9 Å². The van der Waals surface area contributed by atoms with E-state index in [1.807, 2.05) is 36.4 Å². The van der Waals surface area contributed by atoms with Gasteiger partial charge in [0.05, 0.1) is 6.61 Å². The number of anilines is 1. The van der Waals surface area contributed by atoms with Gasteiger partial charge in [-0.2, -0.15) is 0 Å². The molecule has 0 saturated carbocycles. The summed E-state index contributed by atoms with van der Waals surface area (Å²) in [4.78, 5) is 0. The second kappa shape index (κ2) is 4.35. The van der Waals surface area contributed by atoms with Crippen molar-refractivity contribution in [3.8, 4) is 5.75 Å². The van der Waals surface area contributed by atoms with Crippen LogP contribution in [0.4, 0.5) is 5.69 Å². The smallest absolute Gasteiger partial charge is 0.128 e. The molecule has 1 aliphatic heterocycles. The van der Waals surface area contributed by atoms with Gasteiger partial charge in [0.15, 0.2) is 0 Å². The molecule has 3 rings (SSSR count). The lowest BCUT2D eigenvalue weighted by molar-refractivity contribution is 0.214. The van der Waals surface area contributed by atoms with Gasteiger partial charge in [0.25, 0.3) is 0 Å². The Bertz CT molecular complexity index is 580. The zero-order valence-corrected chi connectivity index (χ0v) is 9.97. The molecule has 3 heteroatoms. The van der Waals surface area contributed by atoms with Crippen LogP contribution in [0.3, 0.4) is 0 Å². The largest absolute Gasteiger partial charge is 0.493 e. The number of hydrogen-bond donors (Lipinski definition) is 2. The van der Waals surface area contributed by atoms with Crippen LogP contribution in [0.2, 0.25) is 0 Å². The summed E-state index contributed by atoms with van der Waals surface area (Å²) >= 11 is 0. The molecule has 0 saturated heterocycles. The third-order valence-corrected chi connectivity index (χ3v) is 3.27. The number of ether oxygens (including phenoxy) is 1. The Morgan fingerprint density at radius 3 is 2.83 bits per heavy atom. The molecule has 18 heavy (non-hydrogen) atoms. The van der Waals surface area contributed by atoms with Gasteiger partial charge in [-0.25, -0.2) is 0 Å². The number of aliphatic hydroxyl groups excluding tert-OH is 1. The van der Waals surface area contributed by atoms with Crippen molar-refractivity contribution in [2.75, 3.05) is 12.3 Å². The summed E-state index contributed by atoms with van der Waals surface area (Å²) in [7, 11) is 0. The minimum absolute atomic E-state index is 0.653. The number of nitrogens with two attached hydrogens (primary N) is 1. The van der Waals surface area contributed by atoms with E-state index >= 15 is 0 Å². The molecule has 2 aromatic carbocycles. The third-order valence-electron chi connectivity index (χ3n) is 3.27.